The van der Waals surface area contributed by atoms with E-state index < -0.39 is 10.0 Å². The Hall–Kier alpha value is -1.84. The summed E-state index contributed by atoms with van der Waals surface area (Å²) in [6, 6.07) is 8.78. The maximum atomic E-state index is 13.0. The summed E-state index contributed by atoms with van der Waals surface area (Å²) in [5.74, 6) is 0. The van der Waals surface area contributed by atoms with Crippen molar-refractivity contribution in [3.63, 3.8) is 0 Å². The number of aryl methyl sites for hydroxylation is 1. The van der Waals surface area contributed by atoms with Crippen LogP contribution >= 0.6 is 0 Å². The van der Waals surface area contributed by atoms with E-state index in [0.717, 1.165) is 11.1 Å². The molecule has 0 saturated carbocycles. The maximum absolute atomic E-state index is 13.0. The Bertz CT molecular complexity index is 880. The zero-order chi connectivity index (χ0) is 18.7. The molecule has 140 valence electrons. The molecule has 4 N–H and O–H groups in total. The lowest BCUT2D eigenvalue weighted by molar-refractivity contribution is 0.0730. The molecule has 7 nitrogen and oxygen atoms in total. The molecule has 1 unspecified atom stereocenters. The van der Waals surface area contributed by atoms with Gasteiger partial charge in [0.2, 0.25) is 10.0 Å². The van der Waals surface area contributed by atoms with Crippen LogP contribution in [0.25, 0.3) is 11.1 Å². The minimum Gasteiger partial charge on any atom is -0.379 e. The van der Waals surface area contributed by atoms with Crippen molar-refractivity contribution in [3.05, 3.63) is 47.8 Å². The van der Waals surface area contributed by atoms with E-state index in [4.69, 9.17) is 16.2 Å². The smallest absolute Gasteiger partial charge is 0.243 e. The maximum Gasteiger partial charge on any atom is 0.243 e. The van der Waals surface area contributed by atoms with Gasteiger partial charge in [0.25, 0.3) is 0 Å². The number of pyridine rings is 1. The highest BCUT2D eigenvalue weighted by molar-refractivity contribution is 7.89. The summed E-state index contributed by atoms with van der Waals surface area (Å²) in [5, 5.41) is 0. The Balaban J connectivity index is 2.00. The van der Waals surface area contributed by atoms with Gasteiger partial charge in [-0.2, -0.15) is 4.31 Å². The molecule has 1 aliphatic rings. The first kappa shape index (κ1) is 18.9. The Labute approximate surface area is 154 Å². The Morgan fingerprint density at radius 3 is 2.58 bits per heavy atom. The third-order valence-electron chi connectivity index (χ3n) is 4.52. The van der Waals surface area contributed by atoms with Crippen LogP contribution in [0.2, 0.25) is 0 Å². The van der Waals surface area contributed by atoms with Gasteiger partial charge in [-0.3, -0.25) is 4.98 Å². The second-order valence-electron chi connectivity index (χ2n) is 6.31. The average molecular weight is 376 g/mol. The summed E-state index contributed by atoms with van der Waals surface area (Å²) in [6.45, 7) is 3.68. The topological polar surface area (TPSA) is 112 Å². The fraction of sp³-hybridized carbons (Fsp3) is 0.389. The molecule has 0 radical (unpaired) electrons. The molecular weight excluding hydrogens is 352 g/mol. The van der Waals surface area contributed by atoms with Crippen LogP contribution in [0.15, 0.2) is 41.4 Å². The minimum atomic E-state index is -3.56. The number of aromatic nitrogens is 1. The molecule has 1 atom stereocenters. The number of hydrogen-bond donors (Lipinski definition) is 2. The lowest BCUT2D eigenvalue weighted by Crippen LogP contribution is -2.40. The van der Waals surface area contributed by atoms with Gasteiger partial charge in [0.05, 0.1) is 29.8 Å². The highest BCUT2D eigenvalue weighted by Gasteiger charge is 2.28. The SMILES string of the molecule is Cc1ccc(-c2ccnc(C(N)CN)c2)cc1S(=O)(=O)N1CCOCC1. The van der Waals surface area contributed by atoms with Gasteiger partial charge in [-0.1, -0.05) is 12.1 Å². The van der Waals surface area contributed by atoms with Gasteiger partial charge in [-0.05, 0) is 41.8 Å². The Morgan fingerprint density at radius 2 is 1.88 bits per heavy atom. The second kappa shape index (κ2) is 7.81. The molecule has 0 spiro atoms. The zero-order valence-electron chi connectivity index (χ0n) is 14.8. The normalized spacial score (nSPS) is 17.2. The number of nitrogens with two attached hydrogens (primary N) is 2. The minimum absolute atomic E-state index is 0.293. The van der Waals surface area contributed by atoms with Crippen molar-refractivity contribution < 1.29 is 13.2 Å². The lowest BCUT2D eigenvalue weighted by atomic mass is 10.0. The zero-order valence-corrected chi connectivity index (χ0v) is 15.6. The molecule has 8 heteroatoms. The van der Waals surface area contributed by atoms with E-state index in [9.17, 15) is 8.42 Å². The second-order valence-corrected chi connectivity index (χ2v) is 8.21. The van der Waals surface area contributed by atoms with Crippen molar-refractivity contribution in [2.24, 2.45) is 11.5 Å². The van der Waals surface area contributed by atoms with E-state index in [1.165, 1.54) is 4.31 Å². The van der Waals surface area contributed by atoms with Crippen LogP contribution in [-0.4, -0.2) is 50.6 Å². The quantitative estimate of drug-likeness (QED) is 0.806. The molecule has 2 aromatic rings. The molecule has 26 heavy (non-hydrogen) atoms. The summed E-state index contributed by atoms with van der Waals surface area (Å²) in [6.07, 6.45) is 1.66. The molecule has 2 heterocycles. The van der Waals surface area contributed by atoms with Gasteiger partial charge in [-0.15, -0.1) is 0 Å². The van der Waals surface area contributed by atoms with Gasteiger partial charge in [-0.25, -0.2) is 8.42 Å². The van der Waals surface area contributed by atoms with Crippen LogP contribution in [0.4, 0.5) is 0 Å². The van der Waals surface area contributed by atoms with Crippen LogP contribution in [0.5, 0.6) is 0 Å². The molecule has 0 bridgehead atoms. The molecular formula is C18H24N4O3S. The number of ether oxygens (including phenoxy) is 1. The highest BCUT2D eigenvalue weighted by Crippen LogP contribution is 2.28. The van der Waals surface area contributed by atoms with Gasteiger partial charge in [0.15, 0.2) is 0 Å². The predicted molar refractivity (Wildman–Crippen MR) is 100.0 cm³/mol. The lowest BCUT2D eigenvalue weighted by Gasteiger charge is -2.27. The fourth-order valence-corrected chi connectivity index (χ4v) is 4.59. The van der Waals surface area contributed by atoms with Gasteiger partial charge in [0.1, 0.15) is 0 Å². The molecule has 0 aliphatic carbocycles. The predicted octanol–water partition coefficient (Wildman–Crippen LogP) is 1.04. The Kier molecular flexibility index (Phi) is 5.69. The largest absolute Gasteiger partial charge is 0.379 e. The molecule has 1 saturated heterocycles. The Morgan fingerprint density at radius 1 is 1.19 bits per heavy atom. The van der Waals surface area contributed by atoms with E-state index in [1.807, 2.05) is 24.3 Å². The first-order chi connectivity index (χ1) is 12.4. The van der Waals surface area contributed by atoms with Crippen molar-refractivity contribution in [3.8, 4) is 11.1 Å². The summed E-state index contributed by atoms with van der Waals surface area (Å²) in [5.41, 5.74) is 14.6. The molecule has 0 amide bonds. The van der Waals surface area contributed by atoms with Gasteiger partial charge in [0, 0.05) is 25.8 Å². The third-order valence-corrected chi connectivity index (χ3v) is 6.56. The van der Waals surface area contributed by atoms with E-state index in [1.54, 1.807) is 19.2 Å². The van der Waals surface area contributed by atoms with E-state index >= 15 is 0 Å². The van der Waals surface area contributed by atoms with Crippen molar-refractivity contribution in [2.75, 3.05) is 32.8 Å². The number of rotatable bonds is 5. The molecule has 3 rings (SSSR count). The van der Waals surface area contributed by atoms with Gasteiger partial charge >= 0.3 is 0 Å². The number of morpholine rings is 1. The molecule has 1 fully saturated rings. The summed E-state index contributed by atoms with van der Waals surface area (Å²) < 4.78 is 32.8. The van der Waals surface area contributed by atoms with Crippen molar-refractivity contribution >= 4 is 10.0 Å². The van der Waals surface area contributed by atoms with Crippen LogP contribution in [-0.2, 0) is 14.8 Å². The number of hydrogen-bond acceptors (Lipinski definition) is 6. The summed E-state index contributed by atoms with van der Waals surface area (Å²) >= 11 is 0. The highest BCUT2D eigenvalue weighted by atomic mass is 32.2. The summed E-state index contributed by atoms with van der Waals surface area (Å²) in [4.78, 5) is 4.57. The molecule has 1 aliphatic heterocycles. The van der Waals surface area contributed by atoms with Crippen LogP contribution in [0.3, 0.4) is 0 Å². The van der Waals surface area contributed by atoms with Crippen LogP contribution < -0.4 is 11.5 Å². The number of sulfonamides is 1. The monoisotopic (exact) mass is 376 g/mol. The van der Waals surface area contributed by atoms with Crippen molar-refractivity contribution in [1.29, 1.82) is 0 Å². The summed E-state index contributed by atoms with van der Waals surface area (Å²) in [7, 11) is -3.56. The number of benzene rings is 1. The number of nitrogens with zero attached hydrogens (tertiary/aromatic N) is 2. The van der Waals surface area contributed by atoms with E-state index in [2.05, 4.69) is 4.98 Å². The average Bonchev–Trinajstić information content (AvgIpc) is 2.68. The first-order valence-electron chi connectivity index (χ1n) is 8.54. The third kappa shape index (κ3) is 3.79. The van der Waals surface area contributed by atoms with E-state index in [-0.39, 0.29) is 6.04 Å². The van der Waals surface area contributed by atoms with E-state index in [0.29, 0.717) is 49.0 Å². The van der Waals surface area contributed by atoms with Crippen molar-refractivity contribution in [2.45, 2.75) is 17.9 Å². The standard InChI is InChI=1S/C18H24N4O3S/c1-13-2-3-14(15-4-5-21-17(10-15)16(20)12-19)11-18(13)26(23,24)22-6-8-25-9-7-22/h2-5,10-11,16H,6-9,12,19-20H2,1H3. The fourth-order valence-electron chi connectivity index (χ4n) is 2.94. The van der Waals surface area contributed by atoms with Crippen LogP contribution in [0.1, 0.15) is 17.3 Å². The van der Waals surface area contributed by atoms with Gasteiger partial charge < -0.3 is 16.2 Å². The molecule has 1 aromatic carbocycles. The van der Waals surface area contributed by atoms with Crippen molar-refractivity contribution in [1.82, 2.24) is 9.29 Å². The van der Waals surface area contributed by atoms with Crippen LogP contribution in [0, 0.1) is 6.92 Å². The first-order valence-corrected chi connectivity index (χ1v) is 9.98. The molecule has 1 aromatic heterocycles.